The predicted octanol–water partition coefficient (Wildman–Crippen LogP) is 6.47. The molecule has 2 aromatic rings. The molecular weight excluding hydrogens is 358 g/mol. The fourth-order valence-corrected chi connectivity index (χ4v) is 3.59. The van der Waals surface area contributed by atoms with E-state index in [1.54, 1.807) is 0 Å². The first kappa shape index (κ1) is 19.5. The maximum absolute atomic E-state index is 9.59. The molecule has 0 saturated heterocycles. The Bertz CT molecular complexity index is 850. The fourth-order valence-electron chi connectivity index (χ4n) is 3.46. The Labute approximate surface area is 166 Å². The molecule has 3 nitrogen and oxygen atoms in total. The highest BCUT2D eigenvalue weighted by atomic mass is 35.5. The van der Waals surface area contributed by atoms with E-state index in [0.29, 0.717) is 24.2 Å². The molecule has 0 spiro atoms. The van der Waals surface area contributed by atoms with Crippen molar-refractivity contribution in [1.82, 2.24) is 0 Å². The van der Waals surface area contributed by atoms with Crippen molar-refractivity contribution in [3.63, 3.8) is 0 Å². The number of nitriles is 1. The fraction of sp³-hybridized carbons (Fsp3) is 0.348. The molecule has 0 aromatic heterocycles. The molecule has 0 bridgehead atoms. The molecule has 0 aliphatic heterocycles. The van der Waals surface area contributed by atoms with Crippen LogP contribution in [0.1, 0.15) is 32.4 Å². The van der Waals surface area contributed by atoms with Crippen LogP contribution in [0.4, 0.5) is 0 Å². The van der Waals surface area contributed by atoms with Crippen molar-refractivity contribution in [3.05, 3.63) is 71.3 Å². The average molecular weight is 382 g/mol. The van der Waals surface area contributed by atoms with Gasteiger partial charge in [-0.3, -0.25) is 0 Å². The van der Waals surface area contributed by atoms with Crippen LogP contribution < -0.4 is 4.74 Å². The van der Waals surface area contributed by atoms with Gasteiger partial charge in [0.25, 0.3) is 0 Å². The Morgan fingerprint density at radius 2 is 1.89 bits per heavy atom. The zero-order valence-corrected chi connectivity index (χ0v) is 16.6. The quantitative estimate of drug-likeness (QED) is 0.551. The Hall–Kier alpha value is -2.28. The lowest BCUT2D eigenvalue weighted by Crippen LogP contribution is -2.07. The van der Waals surface area contributed by atoms with Crippen LogP contribution in [-0.2, 0) is 4.74 Å². The second-order valence-corrected chi connectivity index (χ2v) is 8.13. The largest absolute Gasteiger partial charge is 0.457 e. The molecule has 2 aromatic carbocycles. The highest BCUT2D eigenvalue weighted by Gasteiger charge is 2.56. The molecule has 0 radical (unpaired) electrons. The Balaban J connectivity index is 1.65. The van der Waals surface area contributed by atoms with Crippen LogP contribution in [0.3, 0.4) is 0 Å². The number of hydrogen-bond acceptors (Lipinski definition) is 3. The Morgan fingerprint density at radius 3 is 2.56 bits per heavy atom. The third kappa shape index (κ3) is 4.71. The van der Waals surface area contributed by atoms with Crippen molar-refractivity contribution in [2.45, 2.75) is 26.9 Å². The molecular formula is C23H24ClNO2. The van der Waals surface area contributed by atoms with Gasteiger partial charge in [-0.2, -0.15) is 5.26 Å². The van der Waals surface area contributed by atoms with Crippen molar-refractivity contribution in [3.8, 4) is 17.6 Å². The van der Waals surface area contributed by atoms with Gasteiger partial charge >= 0.3 is 0 Å². The summed E-state index contributed by atoms with van der Waals surface area (Å²) in [4.78, 5) is 0. The zero-order chi connectivity index (χ0) is 19.4. The van der Waals surface area contributed by atoms with Crippen LogP contribution in [0.15, 0.2) is 65.7 Å². The highest BCUT2D eigenvalue weighted by molar-refractivity contribution is 6.29. The minimum Gasteiger partial charge on any atom is -0.457 e. The summed E-state index contributed by atoms with van der Waals surface area (Å²) in [6.45, 7) is 6.83. The summed E-state index contributed by atoms with van der Waals surface area (Å²) in [5, 5.41) is 10.4. The SMILES string of the molecule is C/C(Cl)=C/C1C(COC(C#N)c2cccc(Oc3ccccc3)c2)C1(C)C. The van der Waals surface area contributed by atoms with Crippen LogP contribution in [0.25, 0.3) is 0 Å². The summed E-state index contributed by atoms with van der Waals surface area (Å²) in [5.74, 6) is 2.20. The monoisotopic (exact) mass is 381 g/mol. The number of hydrogen-bond donors (Lipinski definition) is 0. The van der Waals surface area contributed by atoms with Crippen LogP contribution in [0, 0.1) is 28.6 Å². The first-order valence-corrected chi connectivity index (χ1v) is 9.47. The first-order valence-electron chi connectivity index (χ1n) is 9.10. The summed E-state index contributed by atoms with van der Waals surface area (Å²) in [6.07, 6.45) is 1.47. The van der Waals surface area contributed by atoms with Gasteiger partial charge in [-0.25, -0.2) is 0 Å². The van der Waals surface area contributed by atoms with E-state index in [9.17, 15) is 5.26 Å². The van der Waals surface area contributed by atoms with E-state index in [1.807, 2.05) is 61.5 Å². The molecule has 3 unspecified atom stereocenters. The lowest BCUT2D eigenvalue weighted by atomic mass is 10.1. The summed E-state index contributed by atoms with van der Waals surface area (Å²) in [5.41, 5.74) is 0.944. The van der Waals surface area contributed by atoms with Gasteiger partial charge in [-0.05, 0) is 54.0 Å². The zero-order valence-electron chi connectivity index (χ0n) is 15.9. The van der Waals surface area contributed by atoms with Crippen molar-refractivity contribution in [1.29, 1.82) is 5.26 Å². The van der Waals surface area contributed by atoms with Gasteiger partial charge in [0.1, 0.15) is 11.5 Å². The predicted molar refractivity (Wildman–Crippen MR) is 108 cm³/mol. The molecule has 1 aliphatic carbocycles. The van der Waals surface area contributed by atoms with Gasteiger partial charge in [0.15, 0.2) is 6.10 Å². The molecule has 1 aliphatic rings. The summed E-state index contributed by atoms with van der Waals surface area (Å²) in [7, 11) is 0. The van der Waals surface area contributed by atoms with Crippen LogP contribution in [0.5, 0.6) is 11.5 Å². The smallest absolute Gasteiger partial charge is 0.169 e. The maximum Gasteiger partial charge on any atom is 0.169 e. The summed E-state index contributed by atoms with van der Waals surface area (Å²) >= 11 is 6.03. The lowest BCUT2D eigenvalue weighted by Gasteiger charge is -2.13. The standard InChI is InChI=1S/C23H24ClNO2/c1-16(24)12-20-21(23(20,2)3)15-26-22(14-25)17-8-7-11-19(13-17)27-18-9-5-4-6-10-18/h4-13,20-22H,15H2,1-3H3/b16-12-. The maximum atomic E-state index is 9.59. The van der Waals surface area contributed by atoms with Gasteiger partial charge in [-0.1, -0.05) is 61.9 Å². The van der Waals surface area contributed by atoms with Crippen molar-refractivity contribution < 1.29 is 9.47 Å². The molecule has 3 atom stereocenters. The van der Waals surface area contributed by atoms with Crippen molar-refractivity contribution in [2.75, 3.05) is 6.61 Å². The van der Waals surface area contributed by atoms with E-state index in [-0.39, 0.29) is 5.41 Å². The van der Waals surface area contributed by atoms with Gasteiger partial charge < -0.3 is 9.47 Å². The average Bonchev–Trinajstić information content (AvgIpc) is 3.15. The number of halogens is 1. The van der Waals surface area contributed by atoms with E-state index in [0.717, 1.165) is 16.3 Å². The molecule has 4 heteroatoms. The third-order valence-corrected chi connectivity index (χ3v) is 5.37. The van der Waals surface area contributed by atoms with Crippen LogP contribution >= 0.6 is 11.6 Å². The Morgan fingerprint density at radius 1 is 1.19 bits per heavy atom. The van der Waals surface area contributed by atoms with E-state index in [4.69, 9.17) is 21.1 Å². The minimum absolute atomic E-state index is 0.147. The van der Waals surface area contributed by atoms with Gasteiger partial charge in [0.2, 0.25) is 0 Å². The second-order valence-electron chi connectivity index (χ2n) is 7.54. The molecule has 0 heterocycles. The second kappa shape index (κ2) is 8.17. The molecule has 0 amide bonds. The molecule has 1 fully saturated rings. The first-order chi connectivity index (χ1) is 12.9. The third-order valence-electron chi connectivity index (χ3n) is 5.25. The van der Waals surface area contributed by atoms with E-state index >= 15 is 0 Å². The number of allylic oxidation sites excluding steroid dienone is 2. The number of benzene rings is 2. The molecule has 27 heavy (non-hydrogen) atoms. The topological polar surface area (TPSA) is 42.2 Å². The van der Waals surface area contributed by atoms with Crippen molar-refractivity contribution >= 4 is 11.6 Å². The minimum atomic E-state index is -0.623. The summed E-state index contributed by atoms with van der Waals surface area (Å²) < 4.78 is 11.8. The lowest BCUT2D eigenvalue weighted by molar-refractivity contribution is 0.0741. The number of para-hydroxylation sites is 1. The summed E-state index contributed by atoms with van der Waals surface area (Å²) in [6, 6.07) is 19.3. The van der Waals surface area contributed by atoms with E-state index in [1.165, 1.54) is 0 Å². The van der Waals surface area contributed by atoms with Gasteiger partial charge in [0, 0.05) is 5.03 Å². The van der Waals surface area contributed by atoms with E-state index in [2.05, 4.69) is 26.0 Å². The Kier molecular flexibility index (Phi) is 5.89. The van der Waals surface area contributed by atoms with Gasteiger partial charge in [0.05, 0.1) is 12.7 Å². The number of ether oxygens (including phenoxy) is 2. The molecule has 3 rings (SSSR count). The molecule has 1 saturated carbocycles. The van der Waals surface area contributed by atoms with Crippen molar-refractivity contribution in [2.24, 2.45) is 17.3 Å². The van der Waals surface area contributed by atoms with Crippen LogP contribution in [-0.4, -0.2) is 6.61 Å². The van der Waals surface area contributed by atoms with E-state index < -0.39 is 6.10 Å². The normalized spacial score (nSPS) is 22.0. The van der Waals surface area contributed by atoms with Gasteiger partial charge in [-0.15, -0.1) is 0 Å². The number of nitrogens with zero attached hydrogens (tertiary/aromatic N) is 1. The molecule has 140 valence electrons. The number of rotatable bonds is 7. The highest BCUT2D eigenvalue weighted by Crippen LogP contribution is 2.59. The molecule has 0 N–H and O–H groups in total. The van der Waals surface area contributed by atoms with Crippen LogP contribution in [0.2, 0.25) is 0 Å².